The predicted molar refractivity (Wildman–Crippen MR) is 29.3 cm³/mol. The summed E-state index contributed by atoms with van der Waals surface area (Å²) in [7, 11) is 0. The molecule has 42 valence electrons. The van der Waals surface area contributed by atoms with E-state index in [2.05, 4.69) is 0 Å². The molecular formula is C4H6F2S. The third-order valence-electron chi connectivity index (χ3n) is 0.425. The molecule has 0 amide bonds. The van der Waals surface area contributed by atoms with Crippen LogP contribution in [0.5, 0.6) is 0 Å². The summed E-state index contributed by atoms with van der Waals surface area (Å²) in [6.45, 7) is 0. The molecule has 1 aromatic rings. The van der Waals surface area contributed by atoms with Crippen molar-refractivity contribution < 1.29 is 9.41 Å². The maximum absolute atomic E-state index is 2.04. The number of halogens is 2. The second kappa shape index (κ2) is 5.56. The molecule has 0 saturated carbocycles. The maximum Gasteiger partial charge on any atom is -0.00934 e. The van der Waals surface area contributed by atoms with Crippen LogP contribution in [0.2, 0.25) is 0 Å². The summed E-state index contributed by atoms with van der Waals surface area (Å²) >= 11 is 1.71. The van der Waals surface area contributed by atoms with E-state index in [-0.39, 0.29) is 9.41 Å². The molecule has 0 aromatic carbocycles. The standard InChI is InChI=1S/C4H4S.2FH/c1-2-4-5-3-1;;/h1-4H;2*1H. The summed E-state index contributed by atoms with van der Waals surface area (Å²) in [6, 6.07) is 4.04. The minimum absolute atomic E-state index is 0. The third kappa shape index (κ3) is 3.39. The summed E-state index contributed by atoms with van der Waals surface area (Å²) in [4.78, 5) is 0. The first-order valence-corrected chi connectivity index (χ1v) is 2.41. The van der Waals surface area contributed by atoms with E-state index >= 15 is 0 Å². The second-order valence-corrected chi connectivity index (χ2v) is 1.61. The van der Waals surface area contributed by atoms with Gasteiger partial charge in [0.2, 0.25) is 0 Å². The van der Waals surface area contributed by atoms with Gasteiger partial charge in [0, 0.05) is 0 Å². The van der Waals surface area contributed by atoms with E-state index in [9.17, 15) is 0 Å². The van der Waals surface area contributed by atoms with E-state index in [1.807, 2.05) is 22.9 Å². The molecule has 0 bridgehead atoms. The molecule has 0 saturated heterocycles. The Bertz CT molecular complexity index is 66.2. The number of hydrogen-bond donors (Lipinski definition) is 0. The highest BCUT2D eigenvalue weighted by Crippen LogP contribution is 1.91. The van der Waals surface area contributed by atoms with Gasteiger partial charge in [-0.1, -0.05) is 12.1 Å². The van der Waals surface area contributed by atoms with Crippen LogP contribution in [0, 0.1) is 0 Å². The molecule has 0 unspecified atom stereocenters. The first-order valence-electron chi connectivity index (χ1n) is 1.47. The van der Waals surface area contributed by atoms with Gasteiger partial charge >= 0.3 is 0 Å². The highest BCUT2D eigenvalue weighted by Gasteiger charge is 1.58. The topological polar surface area (TPSA) is 0 Å². The zero-order chi connectivity index (χ0) is 3.54. The Labute approximate surface area is 44.5 Å². The lowest BCUT2D eigenvalue weighted by molar-refractivity contribution is 1.11. The largest absolute Gasteiger partial charge is 0.269 e. The zero-order valence-corrected chi connectivity index (χ0v) is 4.35. The van der Waals surface area contributed by atoms with Crippen molar-refractivity contribution in [1.82, 2.24) is 0 Å². The molecule has 0 aliphatic carbocycles. The van der Waals surface area contributed by atoms with Crippen LogP contribution in [0.4, 0.5) is 9.41 Å². The minimum Gasteiger partial charge on any atom is -0.269 e. The molecule has 3 heteroatoms. The van der Waals surface area contributed by atoms with Gasteiger partial charge in [0.15, 0.2) is 0 Å². The van der Waals surface area contributed by atoms with Gasteiger partial charge < -0.3 is 0 Å². The monoisotopic (exact) mass is 124 g/mol. The van der Waals surface area contributed by atoms with Gasteiger partial charge in [-0.15, -0.1) is 0 Å². The number of hydrogen-bond acceptors (Lipinski definition) is 1. The number of thiophene rings is 1. The van der Waals surface area contributed by atoms with Crippen molar-refractivity contribution in [3.63, 3.8) is 0 Å². The van der Waals surface area contributed by atoms with Crippen molar-refractivity contribution in [2.75, 3.05) is 0 Å². The fraction of sp³-hybridized carbons (Fsp3) is 0. The van der Waals surface area contributed by atoms with Crippen LogP contribution in [0.3, 0.4) is 0 Å². The van der Waals surface area contributed by atoms with Gasteiger partial charge in [-0.2, -0.15) is 11.3 Å². The first kappa shape index (κ1) is 9.75. The van der Waals surface area contributed by atoms with E-state index < -0.39 is 0 Å². The molecule has 0 aliphatic heterocycles. The van der Waals surface area contributed by atoms with E-state index in [0.717, 1.165) is 0 Å². The van der Waals surface area contributed by atoms with Crippen LogP contribution in [0.1, 0.15) is 0 Å². The van der Waals surface area contributed by atoms with Crippen LogP contribution in [0.15, 0.2) is 22.9 Å². The Morgan fingerprint density at radius 2 is 1.29 bits per heavy atom. The molecule has 1 heterocycles. The molecule has 0 atom stereocenters. The fourth-order valence-corrected chi connectivity index (χ4v) is 0.680. The summed E-state index contributed by atoms with van der Waals surface area (Å²) in [6.07, 6.45) is 0. The summed E-state index contributed by atoms with van der Waals surface area (Å²) < 4.78 is 0. The Balaban J connectivity index is 0. The highest BCUT2D eigenvalue weighted by molar-refractivity contribution is 7.07. The molecule has 0 N–H and O–H groups in total. The Hall–Kier alpha value is -0.440. The second-order valence-electron chi connectivity index (χ2n) is 0.793. The minimum atomic E-state index is 0. The molecule has 0 nitrogen and oxygen atoms in total. The van der Waals surface area contributed by atoms with Crippen molar-refractivity contribution in [2.45, 2.75) is 0 Å². The summed E-state index contributed by atoms with van der Waals surface area (Å²) in [5.74, 6) is 0. The van der Waals surface area contributed by atoms with Crippen LogP contribution in [0.25, 0.3) is 0 Å². The van der Waals surface area contributed by atoms with Crippen LogP contribution >= 0.6 is 11.3 Å². The van der Waals surface area contributed by atoms with E-state index in [0.29, 0.717) is 0 Å². The summed E-state index contributed by atoms with van der Waals surface area (Å²) in [5, 5.41) is 4.08. The lowest BCUT2D eigenvalue weighted by Crippen LogP contribution is -1.16. The third-order valence-corrected chi connectivity index (χ3v) is 1.05. The quantitative estimate of drug-likeness (QED) is 0.496. The molecular weight excluding hydrogens is 118 g/mol. The van der Waals surface area contributed by atoms with Crippen LogP contribution in [-0.2, 0) is 0 Å². The first-order chi connectivity index (χ1) is 2.50. The van der Waals surface area contributed by atoms with Gasteiger partial charge in [0.05, 0.1) is 0 Å². The maximum atomic E-state index is 2.04. The predicted octanol–water partition coefficient (Wildman–Crippen LogP) is 2.05. The zero-order valence-electron chi connectivity index (χ0n) is 3.53. The molecule has 7 heavy (non-hydrogen) atoms. The fourth-order valence-electron chi connectivity index (χ4n) is 0.227. The SMILES string of the molecule is F.F.c1ccsc1. The van der Waals surface area contributed by atoms with Crippen LogP contribution < -0.4 is 0 Å². The Morgan fingerprint density at radius 3 is 1.43 bits per heavy atom. The van der Waals surface area contributed by atoms with Crippen molar-refractivity contribution in [2.24, 2.45) is 0 Å². The van der Waals surface area contributed by atoms with Gasteiger partial charge in [0.25, 0.3) is 0 Å². The Kier molecular flexibility index (Phi) is 7.75. The Morgan fingerprint density at radius 1 is 0.857 bits per heavy atom. The van der Waals surface area contributed by atoms with E-state index in [4.69, 9.17) is 0 Å². The number of rotatable bonds is 0. The molecule has 0 aliphatic rings. The van der Waals surface area contributed by atoms with E-state index in [1.165, 1.54) is 0 Å². The van der Waals surface area contributed by atoms with Gasteiger partial charge in [-0.05, 0) is 10.8 Å². The highest BCUT2D eigenvalue weighted by atomic mass is 32.1. The van der Waals surface area contributed by atoms with Gasteiger partial charge in [-0.3, -0.25) is 9.41 Å². The smallest absolute Gasteiger partial charge is 0.00934 e. The molecule has 0 spiro atoms. The summed E-state index contributed by atoms with van der Waals surface area (Å²) in [5.41, 5.74) is 0. The van der Waals surface area contributed by atoms with Crippen molar-refractivity contribution >= 4 is 11.3 Å². The van der Waals surface area contributed by atoms with Crippen molar-refractivity contribution in [3.8, 4) is 0 Å². The normalized spacial score (nSPS) is 5.71. The van der Waals surface area contributed by atoms with Gasteiger partial charge in [0.1, 0.15) is 0 Å². The van der Waals surface area contributed by atoms with Gasteiger partial charge in [-0.25, -0.2) is 0 Å². The van der Waals surface area contributed by atoms with Crippen molar-refractivity contribution in [1.29, 1.82) is 0 Å². The van der Waals surface area contributed by atoms with Crippen molar-refractivity contribution in [3.05, 3.63) is 22.9 Å². The average molecular weight is 124 g/mol. The average Bonchev–Trinajstić information content (AvgIpc) is 1.76. The molecule has 0 radical (unpaired) electrons. The lowest BCUT2D eigenvalue weighted by atomic mass is 10.7. The van der Waals surface area contributed by atoms with E-state index in [1.54, 1.807) is 11.3 Å². The lowest BCUT2D eigenvalue weighted by Gasteiger charge is -1.39. The van der Waals surface area contributed by atoms with Crippen LogP contribution in [-0.4, -0.2) is 0 Å². The molecule has 1 aromatic heterocycles. The molecule has 1 rings (SSSR count). The molecule has 0 fully saturated rings.